The highest BCUT2D eigenvalue weighted by Gasteiger charge is 2.05. The van der Waals surface area contributed by atoms with Gasteiger partial charge in [-0.05, 0) is 60.5 Å². The average molecular weight is 396 g/mol. The number of halogens is 1. The van der Waals surface area contributed by atoms with Crippen LogP contribution in [0.25, 0.3) is 22.4 Å². The van der Waals surface area contributed by atoms with Gasteiger partial charge in [-0.1, -0.05) is 24.8 Å². The fraction of sp³-hybridized carbons (Fsp3) is 0.0800. The number of nitrogens with zero attached hydrogens (tertiary/aromatic N) is 3. The van der Waals surface area contributed by atoms with Crippen molar-refractivity contribution in [3.05, 3.63) is 109 Å². The second kappa shape index (κ2) is 8.66. The van der Waals surface area contributed by atoms with Crippen LogP contribution in [-0.2, 0) is 6.42 Å². The Morgan fingerprint density at radius 3 is 2.50 bits per heavy atom. The number of benzene rings is 1. The van der Waals surface area contributed by atoms with E-state index in [1.807, 2.05) is 55.6 Å². The maximum Gasteiger partial charge on any atom is 0.130 e. The largest absolute Gasteiger partial charge is 0.344 e. The van der Waals surface area contributed by atoms with Gasteiger partial charge in [-0.3, -0.25) is 9.97 Å². The molecule has 0 bridgehead atoms. The fourth-order valence-electron chi connectivity index (χ4n) is 3.18. The number of anilines is 1. The van der Waals surface area contributed by atoms with E-state index >= 15 is 0 Å². The third kappa shape index (κ3) is 4.75. The molecule has 3 heterocycles. The van der Waals surface area contributed by atoms with Crippen LogP contribution in [0.15, 0.2) is 91.5 Å². The molecule has 30 heavy (non-hydrogen) atoms. The third-order valence-electron chi connectivity index (χ3n) is 4.66. The van der Waals surface area contributed by atoms with Gasteiger partial charge in [0, 0.05) is 47.5 Å². The van der Waals surface area contributed by atoms with Crippen LogP contribution in [-0.4, -0.2) is 15.0 Å². The van der Waals surface area contributed by atoms with Crippen LogP contribution in [0.2, 0.25) is 0 Å². The van der Waals surface area contributed by atoms with Gasteiger partial charge in [0.25, 0.3) is 0 Å². The third-order valence-corrected chi connectivity index (χ3v) is 4.66. The summed E-state index contributed by atoms with van der Waals surface area (Å²) in [6, 6.07) is 18.3. The van der Waals surface area contributed by atoms with Gasteiger partial charge in [-0.25, -0.2) is 9.37 Å². The molecule has 5 heteroatoms. The summed E-state index contributed by atoms with van der Waals surface area (Å²) in [4.78, 5) is 13.2. The first-order valence-electron chi connectivity index (χ1n) is 9.61. The summed E-state index contributed by atoms with van der Waals surface area (Å²) in [5, 5.41) is 3.22. The molecule has 0 unspecified atom stereocenters. The smallest absolute Gasteiger partial charge is 0.130 e. The van der Waals surface area contributed by atoms with Crippen molar-refractivity contribution >= 4 is 5.82 Å². The number of hydrogen-bond donors (Lipinski definition) is 1. The van der Waals surface area contributed by atoms with E-state index in [0.717, 1.165) is 39.3 Å². The molecule has 4 nitrogen and oxygen atoms in total. The average Bonchev–Trinajstić information content (AvgIpc) is 2.75. The van der Waals surface area contributed by atoms with Crippen molar-refractivity contribution in [1.29, 1.82) is 0 Å². The summed E-state index contributed by atoms with van der Waals surface area (Å²) < 4.78 is 13.4. The van der Waals surface area contributed by atoms with E-state index < -0.39 is 0 Å². The molecule has 0 spiro atoms. The first-order valence-corrected chi connectivity index (χ1v) is 9.61. The van der Waals surface area contributed by atoms with E-state index in [1.54, 1.807) is 18.5 Å². The van der Waals surface area contributed by atoms with Gasteiger partial charge < -0.3 is 5.32 Å². The predicted molar refractivity (Wildman–Crippen MR) is 118 cm³/mol. The maximum absolute atomic E-state index is 13.4. The SMILES string of the molecule is C=C(Cc1ccc(-c2ccnc(C)c2)nc1)Nc1ccc(-c2cccc(F)c2)cn1. The van der Waals surface area contributed by atoms with Gasteiger partial charge >= 0.3 is 0 Å². The van der Waals surface area contributed by atoms with Gasteiger partial charge in [-0.2, -0.15) is 0 Å². The Balaban J connectivity index is 1.38. The molecule has 3 aromatic heterocycles. The molecule has 1 aromatic carbocycles. The molecule has 0 saturated carbocycles. The summed E-state index contributed by atoms with van der Waals surface area (Å²) in [6.07, 6.45) is 6.00. The van der Waals surface area contributed by atoms with Gasteiger partial charge in [0.15, 0.2) is 0 Å². The standard InChI is InChI=1S/C25H21FN4/c1-17-13-21(10-11-27-17)24-8-6-19(15-28-24)12-18(2)30-25-9-7-22(16-29-25)20-4-3-5-23(26)14-20/h3-11,13-16H,2,12H2,1H3,(H,29,30). The monoisotopic (exact) mass is 396 g/mol. The van der Waals surface area contributed by atoms with E-state index in [-0.39, 0.29) is 5.82 Å². The predicted octanol–water partition coefficient (Wildman–Crippen LogP) is 5.82. The Morgan fingerprint density at radius 2 is 1.80 bits per heavy atom. The Bertz CT molecular complexity index is 1080. The molecule has 0 aliphatic rings. The number of aryl methyl sites for hydroxylation is 1. The summed E-state index contributed by atoms with van der Waals surface area (Å²) in [6.45, 7) is 6.06. The minimum Gasteiger partial charge on any atom is -0.344 e. The zero-order valence-electron chi connectivity index (χ0n) is 16.6. The minimum atomic E-state index is -0.262. The number of nitrogens with one attached hydrogen (secondary N) is 1. The molecule has 4 rings (SSSR count). The molecule has 0 fully saturated rings. The summed E-state index contributed by atoms with van der Waals surface area (Å²) >= 11 is 0. The molecule has 0 saturated heterocycles. The lowest BCUT2D eigenvalue weighted by Crippen LogP contribution is -2.03. The van der Waals surface area contributed by atoms with Crippen molar-refractivity contribution in [2.45, 2.75) is 13.3 Å². The molecule has 4 aromatic rings. The van der Waals surface area contributed by atoms with Crippen LogP contribution in [0.5, 0.6) is 0 Å². The van der Waals surface area contributed by atoms with E-state index in [2.05, 4.69) is 26.8 Å². The van der Waals surface area contributed by atoms with Crippen LogP contribution in [0, 0.1) is 12.7 Å². The Morgan fingerprint density at radius 1 is 0.900 bits per heavy atom. The molecule has 148 valence electrons. The number of hydrogen-bond acceptors (Lipinski definition) is 4. The van der Waals surface area contributed by atoms with E-state index in [9.17, 15) is 4.39 Å². The van der Waals surface area contributed by atoms with Gasteiger partial charge in [0.2, 0.25) is 0 Å². The number of pyridine rings is 3. The lowest BCUT2D eigenvalue weighted by atomic mass is 10.1. The van der Waals surface area contributed by atoms with Crippen LogP contribution >= 0.6 is 0 Å². The van der Waals surface area contributed by atoms with E-state index in [4.69, 9.17) is 0 Å². The summed E-state index contributed by atoms with van der Waals surface area (Å²) in [5.74, 6) is 0.429. The first-order chi connectivity index (χ1) is 14.6. The van der Waals surface area contributed by atoms with Gasteiger partial charge in [-0.15, -0.1) is 0 Å². The molecular weight excluding hydrogens is 375 g/mol. The number of allylic oxidation sites excluding steroid dienone is 1. The molecule has 0 radical (unpaired) electrons. The van der Waals surface area contributed by atoms with E-state index in [0.29, 0.717) is 12.2 Å². The number of aromatic nitrogens is 3. The molecule has 1 N–H and O–H groups in total. The van der Waals surface area contributed by atoms with Crippen molar-refractivity contribution < 1.29 is 4.39 Å². The zero-order chi connectivity index (χ0) is 20.9. The van der Waals surface area contributed by atoms with Crippen LogP contribution in [0.1, 0.15) is 11.3 Å². The highest BCUT2D eigenvalue weighted by atomic mass is 19.1. The Hall–Kier alpha value is -3.86. The van der Waals surface area contributed by atoms with Crippen molar-refractivity contribution in [3.8, 4) is 22.4 Å². The van der Waals surface area contributed by atoms with Gasteiger partial charge in [0.05, 0.1) is 5.69 Å². The minimum absolute atomic E-state index is 0.262. The maximum atomic E-state index is 13.4. The highest BCUT2D eigenvalue weighted by molar-refractivity contribution is 5.64. The van der Waals surface area contributed by atoms with E-state index in [1.165, 1.54) is 12.1 Å². The molecule has 0 amide bonds. The second-order valence-corrected chi connectivity index (χ2v) is 7.09. The lowest BCUT2D eigenvalue weighted by Gasteiger charge is -2.10. The fourth-order valence-corrected chi connectivity index (χ4v) is 3.18. The second-order valence-electron chi connectivity index (χ2n) is 7.09. The number of rotatable bonds is 6. The quantitative estimate of drug-likeness (QED) is 0.446. The topological polar surface area (TPSA) is 50.7 Å². The normalized spacial score (nSPS) is 10.6. The molecule has 0 atom stereocenters. The summed E-state index contributed by atoms with van der Waals surface area (Å²) in [7, 11) is 0. The van der Waals surface area contributed by atoms with Gasteiger partial charge in [0.1, 0.15) is 11.6 Å². The van der Waals surface area contributed by atoms with Crippen molar-refractivity contribution in [2.75, 3.05) is 5.32 Å². The van der Waals surface area contributed by atoms with Crippen molar-refractivity contribution in [2.24, 2.45) is 0 Å². The molecule has 0 aliphatic heterocycles. The van der Waals surface area contributed by atoms with Crippen LogP contribution < -0.4 is 5.32 Å². The van der Waals surface area contributed by atoms with Crippen molar-refractivity contribution in [1.82, 2.24) is 15.0 Å². The highest BCUT2D eigenvalue weighted by Crippen LogP contribution is 2.21. The lowest BCUT2D eigenvalue weighted by molar-refractivity contribution is 0.628. The van der Waals surface area contributed by atoms with Crippen molar-refractivity contribution in [3.63, 3.8) is 0 Å². The van der Waals surface area contributed by atoms with Crippen LogP contribution in [0.4, 0.5) is 10.2 Å². The Labute approximate surface area is 175 Å². The zero-order valence-corrected chi connectivity index (χ0v) is 16.6. The molecule has 0 aliphatic carbocycles. The summed E-state index contributed by atoms with van der Waals surface area (Å²) in [5.41, 5.74) is 6.45. The molecular formula is C25H21FN4. The Kier molecular flexibility index (Phi) is 5.61. The first kappa shape index (κ1) is 19.5. The van der Waals surface area contributed by atoms with Crippen LogP contribution in [0.3, 0.4) is 0 Å².